The third-order valence-electron chi connectivity index (χ3n) is 6.58. The van der Waals surface area contributed by atoms with Crippen molar-refractivity contribution in [3.8, 4) is 0 Å². The molecule has 1 saturated heterocycles. The normalized spacial score (nSPS) is 18.3. The van der Waals surface area contributed by atoms with Gasteiger partial charge >= 0.3 is 0 Å². The molecule has 1 aromatic rings. The second kappa shape index (κ2) is 18.2. The summed E-state index contributed by atoms with van der Waals surface area (Å²) < 4.78 is 21.7. The van der Waals surface area contributed by atoms with Crippen molar-refractivity contribution in [3.05, 3.63) is 35.9 Å². The molecule has 0 bridgehead atoms. The maximum atomic E-state index is 13.2. The zero-order chi connectivity index (χ0) is 26.9. The molecule has 2 rings (SSSR count). The maximum Gasteiger partial charge on any atom is 0.243 e. The number of ether oxygens (including phenoxy) is 4. The Hall–Kier alpha value is -2.08. The van der Waals surface area contributed by atoms with E-state index in [1.165, 1.54) is 0 Å². The van der Waals surface area contributed by atoms with Crippen LogP contribution in [0.2, 0.25) is 0 Å². The standard InChI is InChI=1S/C27H45N3O7/c1-21(25(34-3)24-10-7-12-30(24)2)26(32)29-23(20-22-8-5-4-6-9-22)27(33)28-11-14-35-16-18-37-19-17-36-15-13-31/h4-6,8-9,21,23-25,31H,7,10-20H2,1-3H3,(H,28,33)(H,29,32). The van der Waals surface area contributed by atoms with E-state index in [0.29, 0.717) is 52.6 Å². The zero-order valence-corrected chi connectivity index (χ0v) is 22.5. The lowest BCUT2D eigenvalue weighted by Crippen LogP contribution is -2.53. The van der Waals surface area contributed by atoms with Crippen LogP contribution in [0.15, 0.2) is 30.3 Å². The zero-order valence-electron chi connectivity index (χ0n) is 22.5. The van der Waals surface area contributed by atoms with Gasteiger partial charge in [0.2, 0.25) is 11.8 Å². The van der Waals surface area contributed by atoms with Crippen LogP contribution < -0.4 is 10.6 Å². The topological polar surface area (TPSA) is 119 Å². The lowest BCUT2D eigenvalue weighted by atomic mass is 9.94. The highest BCUT2D eigenvalue weighted by atomic mass is 16.5. The Bertz CT molecular complexity index is 768. The monoisotopic (exact) mass is 523 g/mol. The van der Waals surface area contributed by atoms with Crippen molar-refractivity contribution in [2.24, 2.45) is 5.92 Å². The summed E-state index contributed by atoms with van der Waals surface area (Å²) in [5.74, 6) is -0.851. The second-order valence-electron chi connectivity index (χ2n) is 9.28. The van der Waals surface area contributed by atoms with E-state index in [1.807, 2.05) is 37.3 Å². The predicted octanol–water partition coefficient (Wildman–Crippen LogP) is 0.618. The first-order valence-electron chi connectivity index (χ1n) is 13.2. The Labute approximate surface area is 221 Å². The maximum absolute atomic E-state index is 13.2. The molecule has 1 aliphatic heterocycles. The van der Waals surface area contributed by atoms with Crippen molar-refractivity contribution in [1.82, 2.24) is 15.5 Å². The van der Waals surface area contributed by atoms with Gasteiger partial charge in [-0.3, -0.25) is 9.59 Å². The summed E-state index contributed by atoms with van der Waals surface area (Å²) in [6.45, 7) is 5.47. The van der Waals surface area contributed by atoms with Gasteiger partial charge < -0.3 is 39.6 Å². The molecule has 3 N–H and O–H groups in total. The summed E-state index contributed by atoms with van der Waals surface area (Å²) in [5.41, 5.74) is 0.964. The van der Waals surface area contributed by atoms with Crippen LogP contribution in [0.5, 0.6) is 0 Å². The van der Waals surface area contributed by atoms with Crippen molar-refractivity contribution in [2.45, 2.75) is 44.4 Å². The van der Waals surface area contributed by atoms with Gasteiger partial charge in [0.25, 0.3) is 0 Å². The number of rotatable bonds is 19. The van der Waals surface area contributed by atoms with E-state index < -0.39 is 12.0 Å². The lowest BCUT2D eigenvalue weighted by molar-refractivity contribution is -0.135. The molecule has 1 heterocycles. The van der Waals surface area contributed by atoms with Gasteiger partial charge in [0.1, 0.15) is 6.04 Å². The van der Waals surface area contributed by atoms with Crippen molar-refractivity contribution in [3.63, 3.8) is 0 Å². The van der Waals surface area contributed by atoms with Crippen LogP contribution in [-0.2, 0) is 35.0 Å². The molecule has 4 unspecified atom stereocenters. The van der Waals surface area contributed by atoms with E-state index in [1.54, 1.807) is 7.11 Å². The molecule has 0 aromatic heterocycles. The number of nitrogens with zero attached hydrogens (tertiary/aromatic N) is 1. The number of carbonyl (C=O) groups excluding carboxylic acids is 2. The van der Waals surface area contributed by atoms with E-state index in [-0.39, 0.29) is 30.6 Å². The first kappa shape index (κ1) is 31.1. The molecule has 10 heteroatoms. The largest absolute Gasteiger partial charge is 0.394 e. The molecular weight excluding hydrogens is 478 g/mol. The minimum absolute atomic E-state index is 0.00448. The molecule has 4 atom stereocenters. The fourth-order valence-electron chi connectivity index (χ4n) is 4.53. The molecule has 0 radical (unpaired) electrons. The summed E-state index contributed by atoms with van der Waals surface area (Å²) in [4.78, 5) is 28.5. The molecule has 0 saturated carbocycles. The number of nitrogens with one attached hydrogen (secondary N) is 2. The van der Waals surface area contributed by atoms with Crippen LogP contribution in [0.3, 0.4) is 0 Å². The van der Waals surface area contributed by atoms with Crippen LogP contribution in [0, 0.1) is 5.92 Å². The van der Waals surface area contributed by atoms with Crippen LogP contribution in [0.1, 0.15) is 25.3 Å². The molecule has 210 valence electrons. The number of methoxy groups -OCH3 is 1. The highest BCUT2D eigenvalue weighted by Crippen LogP contribution is 2.25. The Balaban J connectivity index is 1.82. The van der Waals surface area contributed by atoms with Gasteiger partial charge in [-0.15, -0.1) is 0 Å². The number of hydrogen-bond acceptors (Lipinski definition) is 8. The Morgan fingerprint density at radius 1 is 1.03 bits per heavy atom. The lowest BCUT2D eigenvalue weighted by Gasteiger charge is -2.32. The molecule has 10 nitrogen and oxygen atoms in total. The summed E-state index contributed by atoms with van der Waals surface area (Å²) in [6.07, 6.45) is 2.22. The van der Waals surface area contributed by atoms with Gasteiger partial charge in [-0.25, -0.2) is 0 Å². The number of carbonyl (C=O) groups is 2. The van der Waals surface area contributed by atoms with Crippen molar-refractivity contribution >= 4 is 11.8 Å². The Kier molecular flexibility index (Phi) is 15.3. The number of hydrogen-bond donors (Lipinski definition) is 3. The smallest absolute Gasteiger partial charge is 0.243 e. The van der Waals surface area contributed by atoms with Crippen molar-refractivity contribution in [1.29, 1.82) is 0 Å². The summed E-state index contributed by atoms with van der Waals surface area (Å²) in [7, 11) is 3.70. The van der Waals surface area contributed by atoms with Crippen molar-refractivity contribution < 1.29 is 33.6 Å². The first-order valence-corrected chi connectivity index (χ1v) is 13.2. The minimum atomic E-state index is -0.710. The van der Waals surface area contributed by atoms with Gasteiger partial charge in [-0.1, -0.05) is 37.3 Å². The quantitative estimate of drug-likeness (QED) is 0.226. The summed E-state index contributed by atoms with van der Waals surface area (Å²) in [5, 5.41) is 14.5. The number of aliphatic hydroxyl groups excluding tert-OH is 1. The van der Waals surface area contributed by atoms with E-state index >= 15 is 0 Å². The highest BCUT2D eigenvalue weighted by molar-refractivity contribution is 5.88. The number of amides is 2. The molecule has 0 aliphatic carbocycles. The molecule has 1 aliphatic rings. The number of aliphatic hydroxyl groups is 1. The van der Waals surface area contributed by atoms with E-state index in [0.717, 1.165) is 24.9 Å². The minimum Gasteiger partial charge on any atom is -0.394 e. The van der Waals surface area contributed by atoms with Crippen molar-refractivity contribution in [2.75, 3.05) is 73.5 Å². The second-order valence-corrected chi connectivity index (χ2v) is 9.28. The molecule has 1 fully saturated rings. The summed E-state index contributed by atoms with van der Waals surface area (Å²) >= 11 is 0. The summed E-state index contributed by atoms with van der Waals surface area (Å²) in [6, 6.07) is 9.11. The molecule has 37 heavy (non-hydrogen) atoms. The molecule has 2 amide bonds. The molecule has 1 aromatic carbocycles. The fourth-order valence-corrected chi connectivity index (χ4v) is 4.53. The predicted molar refractivity (Wildman–Crippen MR) is 140 cm³/mol. The third kappa shape index (κ3) is 11.5. The first-order chi connectivity index (χ1) is 18.0. The molecular formula is C27H45N3O7. The van der Waals surface area contributed by atoms with Gasteiger partial charge in [-0.05, 0) is 32.0 Å². The van der Waals surface area contributed by atoms with Crippen LogP contribution in [-0.4, -0.2) is 114 Å². The van der Waals surface area contributed by atoms with Gasteiger partial charge in [-0.2, -0.15) is 0 Å². The van der Waals surface area contributed by atoms with Crippen LogP contribution >= 0.6 is 0 Å². The number of likely N-dealkylation sites (tertiary alicyclic amines) is 1. The average molecular weight is 524 g/mol. The van der Waals surface area contributed by atoms with Crippen LogP contribution in [0.25, 0.3) is 0 Å². The van der Waals surface area contributed by atoms with E-state index in [4.69, 9.17) is 24.1 Å². The van der Waals surface area contributed by atoms with Gasteiger partial charge in [0.05, 0.1) is 58.3 Å². The third-order valence-corrected chi connectivity index (χ3v) is 6.58. The SMILES string of the molecule is COC(C(C)C(=O)NC(Cc1ccccc1)C(=O)NCCOCCOCCOCCO)C1CCCN1C. The fraction of sp³-hybridized carbons (Fsp3) is 0.704. The number of benzene rings is 1. The van der Waals surface area contributed by atoms with Gasteiger partial charge in [0.15, 0.2) is 0 Å². The molecule has 0 spiro atoms. The van der Waals surface area contributed by atoms with E-state index in [9.17, 15) is 9.59 Å². The highest BCUT2D eigenvalue weighted by Gasteiger charge is 2.37. The number of likely N-dealkylation sites (N-methyl/N-ethyl adjacent to an activating group) is 1. The van der Waals surface area contributed by atoms with Crippen LogP contribution in [0.4, 0.5) is 0 Å². The van der Waals surface area contributed by atoms with E-state index in [2.05, 4.69) is 22.6 Å². The Morgan fingerprint density at radius 2 is 1.68 bits per heavy atom. The Morgan fingerprint density at radius 3 is 2.27 bits per heavy atom. The van der Waals surface area contributed by atoms with Gasteiger partial charge in [0, 0.05) is 26.1 Å². The average Bonchev–Trinajstić information content (AvgIpc) is 3.33.